The number of aromatic amines is 1. The lowest BCUT2D eigenvalue weighted by molar-refractivity contribution is 0.101. The van der Waals surface area contributed by atoms with Gasteiger partial charge >= 0.3 is 0 Å². The molecular weight excluding hydrogens is 320 g/mol. The Hall–Kier alpha value is -3.35. The van der Waals surface area contributed by atoms with E-state index in [9.17, 15) is 4.79 Å². The Labute approximate surface area is 144 Å². The van der Waals surface area contributed by atoms with Crippen molar-refractivity contribution in [3.8, 4) is 22.8 Å². The molecule has 1 aromatic carbocycles. The maximum atomic E-state index is 12.7. The number of para-hydroxylation sites is 1. The first-order valence-corrected chi connectivity index (χ1v) is 7.89. The third kappa shape index (κ3) is 2.80. The number of fused-ring (bicyclic) bond motifs is 1. The second-order valence-electron chi connectivity index (χ2n) is 5.59. The number of rotatable bonds is 3. The van der Waals surface area contributed by atoms with Gasteiger partial charge in [0.1, 0.15) is 13.2 Å². The van der Waals surface area contributed by atoms with E-state index in [4.69, 9.17) is 9.47 Å². The fourth-order valence-corrected chi connectivity index (χ4v) is 2.75. The molecule has 0 radical (unpaired) electrons. The molecule has 3 heterocycles. The van der Waals surface area contributed by atoms with Crippen molar-refractivity contribution in [3.63, 3.8) is 0 Å². The first kappa shape index (κ1) is 15.2. The quantitative estimate of drug-likeness (QED) is 0.768. The van der Waals surface area contributed by atoms with Crippen LogP contribution in [0.1, 0.15) is 15.9 Å². The van der Waals surface area contributed by atoms with E-state index in [0.717, 1.165) is 16.8 Å². The minimum atomic E-state index is -0.293. The van der Waals surface area contributed by atoms with E-state index in [1.54, 1.807) is 30.6 Å². The van der Waals surface area contributed by atoms with Gasteiger partial charge in [-0.15, -0.1) is 0 Å². The minimum Gasteiger partial charge on any atom is -0.486 e. The predicted molar refractivity (Wildman–Crippen MR) is 91.9 cm³/mol. The topological polar surface area (TPSA) is 89.1 Å². The zero-order chi connectivity index (χ0) is 17.2. The summed E-state index contributed by atoms with van der Waals surface area (Å²) in [7, 11) is 0. The normalized spacial score (nSPS) is 12.7. The predicted octanol–water partition coefficient (Wildman–Crippen LogP) is 2.80. The van der Waals surface area contributed by atoms with E-state index in [1.807, 2.05) is 19.1 Å². The first-order chi connectivity index (χ1) is 12.2. The van der Waals surface area contributed by atoms with E-state index in [-0.39, 0.29) is 5.91 Å². The Morgan fingerprint density at radius 3 is 2.80 bits per heavy atom. The lowest BCUT2D eigenvalue weighted by atomic mass is 10.1. The van der Waals surface area contributed by atoms with Crippen LogP contribution in [0.15, 0.2) is 42.7 Å². The highest BCUT2D eigenvalue weighted by molar-refractivity contribution is 6.07. The van der Waals surface area contributed by atoms with Crippen molar-refractivity contribution >= 4 is 11.7 Å². The molecule has 1 amide bonds. The van der Waals surface area contributed by atoms with Crippen LogP contribution in [0.2, 0.25) is 0 Å². The van der Waals surface area contributed by atoms with Crippen LogP contribution >= 0.6 is 0 Å². The molecule has 7 nitrogen and oxygen atoms in total. The maximum absolute atomic E-state index is 12.7. The van der Waals surface area contributed by atoms with Crippen molar-refractivity contribution < 1.29 is 14.3 Å². The van der Waals surface area contributed by atoms with Gasteiger partial charge in [-0.25, -0.2) is 0 Å². The molecule has 0 saturated carbocycles. The van der Waals surface area contributed by atoms with E-state index >= 15 is 0 Å². The van der Waals surface area contributed by atoms with Gasteiger partial charge in [0, 0.05) is 23.5 Å². The molecular formula is C18H16N4O3. The second-order valence-corrected chi connectivity index (χ2v) is 5.59. The molecule has 0 bridgehead atoms. The van der Waals surface area contributed by atoms with Crippen LogP contribution in [0.25, 0.3) is 11.3 Å². The maximum Gasteiger partial charge on any atom is 0.260 e. The SMILES string of the molecule is Cc1c(NC(=O)c2cccc3c2OCCO3)n[nH]c1-c1ccncc1. The van der Waals surface area contributed by atoms with E-state index < -0.39 is 0 Å². The van der Waals surface area contributed by atoms with Gasteiger partial charge in [-0.05, 0) is 31.2 Å². The molecule has 25 heavy (non-hydrogen) atoms. The number of aromatic nitrogens is 3. The fourth-order valence-electron chi connectivity index (χ4n) is 2.75. The molecule has 1 aliphatic heterocycles. The summed E-state index contributed by atoms with van der Waals surface area (Å²) >= 11 is 0. The zero-order valence-electron chi connectivity index (χ0n) is 13.6. The van der Waals surface area contributed by atoms with Crippen LogP contribution in [0.4, 0.5) is 5.82 Å². The van der Waals surface area contributed by atoms with Crippen molar-refractivity contribution in [2.75, 3.05) is 18.5 Å². The summed E-state index contributed by atoms with van der Waals surface area (Å²) in [5.74, 6) is 1.23. The van der Waals surface area contributed by atoms with E-state index in [0.29, 0.717) is 36.1 Å². The summed E-state index contributed by atoms with van der Waals surface area (Å²) in [4.78, 5) is 16.7. The number of ether oxygens (including phenoxy) is 2. The van der Waals surface area contributed by atoms with Gasteiger partial charge in [-0.1, -0.05) is 6.07 Å². The largest absolute Gasteiger partial charge is 0.486 e. The van der Waals surface area contributed by atoms with Crippen molar-refractivity contribution in [1.82, 2.24) is 15.2 Å². The Morgan fingerprint density at radius 1 is 1.16 bits per heavy atom. The Morgan fingerprint density at radius 2 is 1.96 bits per heavy atom. The molecule has 0 fully saturated rings. The summed E-state index contributed by atoms with van der Waals surface area (Å²) in [5.41, 5.74) is 3.06. The van der Waals surface area contributed by atoms with Crippen LogP contribution in [-0.4, -0.2) is 34.3 Å². The molecule has 2 aromatic heterocycles. The number of hydrogen-bond acceptors (Lipinski definition) is 5. The van der Waals surface area contributed by atoms with Crippen molar-refractivity contribution in [2.24, 2.45) is 0 Å². The second kappa shape index (κ2) is 6.27. The number of pyridine rings is 1. The number of anilines is 1. The minimum absolute atomic E-state index is 0.293. The lowest BCUT2D eigenvalue weighted by Crippen LogP contribution is -2.20. The third-order valence-electron chi connectivity index (χ3n) is 4.02. The number of carbonyl (C=O) groups is 1. The van der Waals surface area contributed by atoms with Gasteiger partial charge < -0.3 is 14.8 Å². The van der Waals surface area contributed by atoms with Crippen LogP contribution in [0.3, 0.4) is 0 Å². The van der Waals surface area contributed by atoms with Gasteiger partial charge in [-0.3, -0.25) is 14.9 Å². The average molecular weight is 336 g/mol. The van der Waals surface area contributed by atoms with E-state index in [1.165, 1.54) is 0 Å². The summed E-state index contributed by atoms with van der Waals surface area (Å²) < 4.78 is 11.1. The summed E-state index contributed by atoms with van der Waals surface area (Å²) in [5, 5.41) is 10.0. The van der Waals surface area contributed by atoms with Gasteiger partial charge in [-0.2, -0.15) is 5.10 Å². The Bertz CT molecular complexity index is 921. The highest BCUT2D eigenvalue weighted by atomic mass is 16.6. The molecule has 126 valence electrons. The van der Waals surface area contributed by atoms with Gasteiger partial charge in [0.05, 0.1) is 11.3 Å². The average Bonchev–Trinajstić information content (AvgIpc) is 3.02. The van der Waals surface area contributed by atoms with Crippen molar-refractivity contribution in [3.05, 3.63) is 53.9 Å². The fraction of sp³-hybridized carbons (Fsp3) is 0.167. The van der Waals surface area contributed by atoms with Gasteiger partial charge in [0.25, 0.3) is 5.91 Å². The Kier molecular flexibility index (Phi) is 3.81. The molecule has 1 aliphatic rings. The summed E-state index contributed by atoms with van der Waals surface area (Å²) in [6.45, 7) is 2.80. The number of nitrogens with one attached hydrogen (secondary N) is 2. The van der Waals surface area contributed by atoms with Gasteiger partial charge in [0.15, 0.2) is 17.3 Å². The Balaban J connectivity index is 1.61. The zero-order valence-corrected chi connectivity index (χ0v) is 13.6. The number of carbonyl (C=O) groups excluding carboxylic acids is 1. The highest BCUT2D eigenvalue weighted by Gasteiger charge is 2.22. The van der Waals surface area contributed by atoms with Gasteiger partial charge in [0.2, 0.25) is 0 Å². The van der Waals surface area contributed by atoms with Crippen LogP contribution in [0.5, 0.6) is 11.5 Å². The number of hydrogen-bond donors (Lipinski definition) is 2. The summed E-state index contributed by atoms with van der Waals surface area (Å²) in [6, 6.07) is 9.01. The highest BCUT2D eigenvalue weighted by Crippen LogP contribution is 2.34. The smallest absolute Gasteiger partial charge is 0.260 e. The number of H-pyrrole nitrogens is 1. The molecule has 0 unspecified atom stereocenters. The first-order valence-electron chi connectivity index (χ1n) is 7.89. The molecule has 0 spiro atoms. The standard InChI is InChI=1S/C18H16N4O3/c1-11-15(12-5-7-19-8-6-12)21-22-17(11)20-18(23)13-3-2-4-14-16(13)25-10-9-24-14/h2-8H,9-10H2,1H3,(H2,20,21,22,23). The van der Waals surface area contributed by atoms with Crippen LogP contribution in [0, 0.1) is 6.92 Å². The lowest BCUT2D eigenvalue weighted by Gasteiger charge is -2.20. The number of amides is 1. The monoisotopic (exact) mass is 336 g/mol. The third-order valence-corrected chi connectivity index (χ3v) is 4.02. The van der Waals surface area contributed by atoms with Crippen molar-refractivity contribution in [1.29, 1.82) is 0 Å². The number of benzene rings is 1. The molecule has 3 aromatic rings. The molecule has 0 saturated heterocycles. The molecule has 0 atom stereocenters. The van der Waals surface area contributed by atoms with Crippen molar-refractivity contribution in [2.45, 2.75) is 6.92 Å². The van der Waals surface area contributed by atoms with Crippen LogP contribution < -0.4 is 14.8 Å². The van der Waals surface area contributed by atoms with Crippen LogP contribution in [-0.2, 0) is 0 Å². The number of nitrogens with zero attached hydrogens (tertiary/aromatic N) is 2. The molecule has 4 rings (SSSR count). The van der Waals surface area contributed by atoms with E-state index in [2.05, 4.69) is 20.5 Å². The molecule has 2 N–H and O–H groups in total. The summed E-state index contributed by atoms with van der Waals surface area (Å²) in [6.07, 6.45) is 3.42. The molecule has 7 heteroatoms. The molecule has 0 aliphatic carbocycles.